The third-order valence-electron chi connectivity index (χ3n) is 1.99. The number of para-hydroxylation sites is 1. The minimum Gasteiger partial charge on any atom is -0.478 e. The lowest BCUT2D eigenvalue weighted by molar-refractivity contribution is -0.132. The van der Waals surface area contributed by atoms with Crippen molar-refractivity contribution in [2.24, 2.45) is 0 Å². The van der Waals surface area contributed by atoms with Gasteiger partial charge in [-0.1, -0.05) is 12.1 Å². The van der Waals surface area contributed by atoms with Crippen LogP contribution in [-0.2, 0) is 4.79 Å². The molecule has 0 aliphatic heterocycles. The minimum atomic E-state index is -0.908. The highest BCUT2D eigenvalue weighted by Gasteiger charge is 2.04. The van der Waals surface area contributed by atoms with Crippen molar-refractivity contribution in [2.45, 2.75) is 6.92 Å². The number of thiazole rings is 1. The van der Waals surface area contributed by atoms with Crippen molar-refractivity contribution in [3.63, 3.8) is 0 Å². The average molecular weight is 219 g/mol. The van der Waals surface area contributed by atoms with Gasteiger partial charge in [0.1, 0.15) is 5.01 Å². The SMILES string of the molecule is CC(=Cc1nc2ccccc2s1)C(=O)O. The van der Waals surface area contributed by atoms with E-state index >= 15 is 0 Å². The van der Waals surface area contributed by atoms with Crippen molar-refractivity contribution in [2.75, 3.05) is 0 Å². The number of carbonyl (C=O) groups is 1. The summed E-state index contributed by atoms with van der Waals surface area (Å²) in [6.45, 7) is 1.56. The number of nitrogens with zero attached hydrogens (tertiary/aromatic N) is 1. The van der Waals surface area contributed by atoms with E-state index in [0.717, 1.165) is 15.2 Å². The molecule has 0 spiro atoms. The Morgan fingerprint density at radius 3 is 2.87 bits per heavy atom. The summed E-state index contributed by atoms with van der Waals surface area (Å²) in [5, 5.41) is 9.46. The van der Waals surface area contributed by atoms with Gasteiger partial charge in [-0.05, 0) is 25.1 Å². The third kappa shape index (κ3) is 2.05. The summed E-state index contributed by atoms with van der Waals surface area (Å²) < 4.78 is 1.07. The number of hydrogen-bond acceptors (Lipinski definition) is 3. The molecule has 0 bridgehead atoms. The molecule has 2 aromatic rings. The Labute approximate surface area is 90.7 Å². The first-order valence-corrected chi connectivity index (χ1v) is 5.25. The Morgan fingerprint density at radius 2 is 2.20 bits per heavy atom. The number of fused-ring (bicyclic) bond motifs is 1. The summed E-state index contributed by atoms with van der Waals surface area (Å²) in [6.07, 6.45) is 1.59. The van der Waals surface area contributed by atoms with Crippen LogP contribution in [0.2, 0.25) is 0 Å². The zero-order valence-electron chi connectivity index (χ0n) is 8.10. The van der Waals surface area contributed by atoms with Gasteiger partial charge in [-0.2, -0.15) is 0 Å². The topological polar surface area (TPSA) is 50.2 Å². The van der Waals surface area contributed by atoms with E-state index in [1.807, 2.05) is 24.3 Å². The highest BCUT2D eigenvalue weighted by Crippen LogP contribution is 2.23. The van der Waals surface area contributed by atoms with E-state index in [9.17, 15) is 4.79 Å². The van der Waals surface area contributed by atoms with Crippen molar-refractivity contribution >= 4 is 33.6 Å². The van der Waals surface area contributed by atoms with Crippen LogP contribution in [0.25, 0.3) is 16.3 Å². The van der Waals surface area contributed by atoms with Gasteiger partial charge in [0.25, 0.3) is 0 Å². The van der Waals surface area contributed by atoms with Crippen molar-refractivity contribution in [3.8, 4) is 0 Å². The largest absolute Gasteiger partial charge is 0.478 e. The van der Waals surface area contributed by atoms with Crippen LogP contribution in [-0.4, -0.2) is 16.1 Å². The molecule has 0 unspecified atom stereocenters. The first kappa shape index (κ1) is 9.86. The predicted molar refractivity (Wildman–Crippen MR) is 60.9 cm³/mol. The van der Waals surface area contributed by atoms with E-state index in [-0.39, 0.29) is 0 Å². The smallest absolute Gasteiger partial charge is 0.331 e. The van der Waals surface area contributed by atoms with Gasteiger partial charge < -0.3 is 5.11 Å². The zero-order chi connectivity index (χ0) is 10.8. The molecule has 0 atom stereocenters. The molecule has 0 saturated heterocycles. The van der Waals surface area contributed by atoms with E-state index in [0.29, 0.717) is 5.57 Å². The standard InChI is InChI=1S/C11H9NO2S/c1-7(11(13)14)6-10-12-8-4-2-3-5-9(8)15-10/h2-6H,1H3,(H,13,14). The molecule has 0 radical (unpaired) electrons. The maximum Gasteiger partial charge on any atom is 0.331 e. The molecule has 1 heterocycles. The van der Waals surface area contributed by atoms with Crippen molar-refractivity contribution in [3.05, 3.63) is 34.8 Å². The first-order valence-electron chi connectivity index (χ1n) is 4.44. The van der Waals surface area contributed by atoms with Gasteiger partial charge in [0.2, 0.25) is 0 Å². The Bertz CT molecular complexity index is 509. The summed E-state index contributed by atoms with van der Waals surface area (Å²) in [4.78, 5) is 14.9. The molecule has 0 amide bonds. The highest BCUT2D eigenvalue weighted by atomic mass is 32.1. The summed E-state index contributed by atoms with van der Waals surface area (Å²) in [5.41, 5.74) is 1.21. The molecule has 0 saturated carbocycles. The molecule has 1 N–H and O–H groups in total. The van der Waals surface area contributed by atoms with Crippen LogP contribution >= 0.6 is 11.3 Å². The first-order chi connectivity index (χ1) is 7.16. The monoisotopic (exact) mass is 219 g/mol. The summed E-state index contributed by atoms with van der Waals surface area (Å²) in [6, 6.07) is 7.75. The van der Waals surface area contributed by atoms with Gasteiger partial charge in [0.15, 0.2) is 0 Å². The van der Waals surface area contributed by atoms with Crippen LogP contribution in [0.1, 0.15) is 11.9 Å². The maximum atomic E-state index is 10.6. The van der Waals surface area contributed by atoms with Gasteiger partial charge in [-0.15, -0.1) is 11.3 Å². The molecule has 4 heteroatoms. The van der Waals surface area contributed by atoms with E-state index in [1.54, 1.807) is 13.0 Å². The zero-order valence-corrected chi connectivity index (χ0v) is 8.91. The summed E-state index contributed by atoms with van der Waals surface area (Å²) >= 11 is 1.49. The second kappa shape index (κ2) is 3.82. The van der Waals surface area contributed by atoms with Crippen LogP contribution in [0.3, 0.4) is 0 Å². The minimum absolute atomic E-state index is 0.300. The number of benzene rings is 1. The Kier molecular flexibility index (Phi) is 2.51. The molecule has 3 nitrogen and oxygen atoms in total. The van der Waals surface area contributed by atoms with Gasteiger partial charge >= 0.3 is 5.97 Å². The Morgan fingerprint density at radius 1 is 1.47 bits per heavy atom. The van der Waals surface area contributed by atoms with E-state index in [4.69, 9.17) is 5.11 Å². The normalized spacial score (nSPS) is 11.9. The van der Waals surface area contributed by atoms with Gasteiger partial charge in [-0.3, -0.25) is 0 Å². The molecule has 1 aromatic carbocycles. The molecule has 15 heavy (non-hydrogen) atoms. The summed E-state index contributed by atoms with van der Waals surface area (Å²) in [7, 11) is 0. The number of carboxylic acids is 1. The fourth-order valence-corrected chi connectivity index (χ4v) is 2.17. The van der Waals surface area contributed by atoms with Gasteiger partial charge in [0.05, 0.1) is 10.2 Å². The summed E-state index contributed by atoms with van der Waals surface area (Å²) in [5.74, 6) is -0.908. The Hall–Kier alpha value is -1.68. The highest BCUT2D eigenvalue weighted by molar-refractivity contribution is 7.19. The number of carboxylic acid groups (broad SMARTS) is 1. The lowest BCUT2D eigenvalue weighted by atomic mass is 10.3. The van der Waals surface area contributed by atoms with Crippen LogP contribution in [0.15, 0.2) is 29.8 Å². The van der Waals surface area contributed by atoms with E-state index in [2.05, 4.69) is 4.98 Å². The lowest BCUT2D eigenvalue weighted by Gasteiger charge is -1.88. The van der Waals surface area contributed by atoms with Crippen LogP contribution < -0.4 is 0 Å². The van der Waals surface area contributed by atoms with Gasteiger partial charge in [0, 0.05) is 5.57 Å². The average Bonchev–Trinajstić information content (AvgIpc) is 2.59. The van der Waals surface area contributed by atoms with Gasteiger partial charge in [-0.25, -0.2) is 9.78 Å². The molecular formula is C11H9NO2S. The molecule has 0 aliphatic rings. The van der Waals surface area contributed by atoms with E-state index in [1.165, 1.54) is 11.3 Å². The quantitative estimate of drug-likeness (QED) is 0.790. The number of rotatable bonds is 2. The molecular weight excluding hydrogens is 210 g/mol. The predicted octanol–water partition coefficient (Wildman–Crippen LogP) is 2.78. The van der Waals surface area contributed by atoms with Crippen molar-refractivity contribution < 1.29 is 9.90 Å². The fourth-order valence-electron chi connectivity index (χ4n) is 1.20. The Balaban J connectivity index is 2.46. The van der Waals surface area contributed by atoms with Crippen LogP contribution in [0.4, 0.5) is 0 Å². The number of hydrogen-bond donors (Lipinski definition) is 1. The second-order valence-corrected chi connectivity index (χ2v) is 4.21. The van der Waals surface area contributed by atoms with Crippen molar-refractivity contribution in [1.29, 1.82) is 0 Å². The van der Waals surface area contributed by atoms with Crippen molar-refractivity contribution in [1.82, 2.24) is 4.98 Å². The molecule has 76 valence electrons. The molecule has 0 aliphatic carbocycles. The molecule has 2 rings (SSSR count). The second-order valence-electron chi connectivity index (χ2n) is 3.15. The third-order valence-corrected chi connectivity index (χ3v) is 2.97. The fraction of sp³-hybridized carbons (Fsp3) is 0.0909. The number of aliphatic carboxylic acids is 1. The van der Waals surface area contributed by atoms with E-state index < -0.39 is 5.97 Å². The lowest BCUT2D eigenvalue weighted by Crippen LogP contribution is -1.94. The van der Waals surface area contributed by atoms with Crippen LogP contribution in [0, 0.1) is 0 Å². The maximum absolute atomic E-state index is 10.6. The number of aromatic nitrogens is 1. The molecule has 1 aromatic heterocycles. The van der Waals surface area contributed by atoms with Crippen LogP contribution in [0.5, 0.6) is 0 Å². The molecule has 0 fully saturated rings.